The number of halogens is 1. The highest BCUT2D eigenvalue weighted by atomic mass is 79.9. The number of nitrogens with zero attached hydrogens (tertiary/aromatic N) is 1. The van der Waals surface area contributed by atoms with Gasteiger partial charge in [0, 0.05) is 10.0 Å². The first-order valence-electron chi connectivity index (χ1n) is 5.35. The van der Waals surface area contributed by atoms with Crippen LogP contribution in [0.4, 0.5) is 0 Å². The van der Waals surface area contributed by atoms with Crippen LogP contribution in [0.15, 0.2) is 27.2 Å². The Labute approximate surface area is 113 Å². The number of esters is 1. The summed E-state index contributed by atoms with van der Waals surface area (Å²) in [6.45, 7) is 3.66. The van der Waals surface area contributed by atoms with Crippen molar-refractivity contribution in [2.75, 3.05) is 7.11 Å². The number of hydrogen-bond acceptors (Lipinski definition) is 4. The second-order valence-corrected chi connectivity index (χ2v) is 4.89. The van der Waals surface area contributed by atoms with Gasteiger partial charge in [-0.15, -0.1) is 0 Å². The molecule has 0 fully saturated rings. The Hall–Kier alpha value is -1.62. The number of hydrogen-bond donors (Lipinski definition) is 0. The number of aryl methyl sites for hydroxylation is 2. The van der Waals surface area contributed by atoms with Gasteiger partial charge in [0.2, 0.25) is 0 Å². The molecule has 1 heterocycles. The van der Waals surface area contributed by atoms with E-state index < -0.39 is 5.97 Å². The topological polar surface area (TPSA) is 52.3 Å². The van der Waals surface area contributed by atoms with E-state index in [1.807, 2.05) is 25.1 Å². The summed E-state index contributed by atoms with van der Waals surface area (Å²) in [5.74, 6) is 0.0101. The maximum atomic E-state index is 11.7. The average Bonchev–Trinajstić information content (AvgIpc) is 2.69. The Balaban J connectivity index is 2.61. The van der Waals surface area contributed by atoms with Crippen LogP contribution >= 0.6 is 15.9 Å². The monoisotopic (exact) mass is 309 g/mol. The highest BCUT2D eigenvalue weighted by Crippen LogP contribution is 2.29. The van der Waals surface area contributed by atoms with Crippen molar-refractivity contribution in [1.29, 1.82) is 0 Å². The molecule has 0 spiro atoms. The summed E-state index contributed by atoms with van der Waals surface area (Å²) in [6.07, 6.45) is 0. The smallest absolute Gasteiger partial charge is 0.343 e. The molecule has 2 rings (SSSR count). The van der Waals surface area contributed by atoms with E-state index in [1.54, 1.807) is 6.92 Å². The number of carbonyl (C=O) groups excluding carboxylic acids is 1. The molecule has 0 saturated heterocycles. The summed E-state index contributed by atoms with van der Waals surface area (Å²) in [5.41, 5.74) is 2.76. The molecule has 4 nitrogen and oxygen atoms in total. The van der Waals surface area contributed by atoms with Crippen LogP contribution in [0.5, 0.6) is 0 Å². The van der Waals surface area contributed by atoms with E-state index >= 15 is 0 Å². The molecule has 0 aliphatic heterocycles. The first-order valence-corrected chi connectivity index (χ1v) is 6.14. The van der Waals surface area contributed by atoms with Crippen molar-refractivity contribution in [2.45, 2.75) is 13.8 Å². The first kappa shape index (κ1) is 12.8. The van der Waals surface area contributed by atoms with E-state index in [9.17, 15) is 4.79 Å². The maximum Gasteiger partial charge on any atom is 0.343 e. The van der Waals surface area contributed by atoms with Crippen molar-refractivity contribution >= 4 is 21.9 Å². The molecular weight excluding hydrogens is 298 g/mol. The SMILES string of the molecule is COC(=O)c1c(-c2cc(C)cc(Br)c2)noc1C. The van der Waals surface area contributed by atoms with E-state index in [-0.39, 0.29) is 0 Å². The van der Waals surface area contributed by atoms with Crippen molar-refractivity contribution in [3.63, 3.8) is 0 Å². The summed E-state index contributed by atoms with van der Waals surface area (Å²) < 4.78 is 10.8. The molecule has 0 unspecified atom stereocenters. The van der Waals surface area contributed by atoms with Crippen molar-refractivity contribution in [1.82, 2.24) is 5.16 Å². The van der Waals surface area contributed by atoms with Gasteiger partial charge in [-0.1, -0.05) is 21.1 Å². The Morgan fingerprint density at radius 1 is 1.33 bits per heavy atom. The molecule has 94 valence electrons. The Morgan fingerprint density at radius 3 is 2.67 bits per heavy atom. The zero-order valence-corrected chi connectivity index (χ0v) is 11.9. The third-order valence-electron chi connectivity index (χ3n) is 2.57. The predicted molar refractivity (Wildman–Crippen MR) is 70.5 cm³/mol. The molecule has 1 aromatic heterocycles. The lowest BCUT2D eigenvalue weighted by Crippen LogP contribution is -2.03. The van der Waals surface area contributed by atoms with Crippen LogP contribution in [0.2, 0.25) is 0 Å². The van der Waals surface area contributed by atoms with Crippen LogP contribution in [-0.4, -0.2) is 18.2 Å². The lowest BCUT2D eigenvalue weighted by Gasteiger charge is -2.03. The van der Waals surface area contributed by atoms with E-state index in [1.165, 1.54) is 7.11 Å². The Morgan fingerprint density at radius 2 is 2.06 bits per heavy atom. The van der Waals surface area contributed by atoms with Gasteiger partial charge in [0.25, 0.3) is 0 Å². The zero-order chi connectivity index (χ0) is 13.3. The standard InChI is InChI=1S/C13H12BrNO3/c1-7-4-9(6-10(14)5-7)12-11(13(16)17-3)8(2)18-15-12/h4-6H,1-3H3. The second kappa shape index (κ2) is 4.94. The molecule has 18 heavy (non-hydrogen) atoms. The molecule has 0 N–H and O–H groups in total. The van der Waals surface area contributed by atoms with Crippen LogP contribution < -0.4 is 0 Å². The summed E-state index contributed by atoms with van der Waals surface area (Å²) in [4.78, 5) is 11.7. The van der Waals surface area contributed by atoms with E-state index in [4.69, 9.17) is 9.26 Å². The summed E-state index contributed by atoms with van der Waals surface area (Å²) in [6, 6.07) is 5.81. The summed E-state index contributed by atoms with van der Waals surface area (Å²) in [5, 5.41) is 3.94. The molecule has 0 bridgehead atoms. The van der Waals surface area contributed by atoms with E-state index in [0.29, 0.717) is 17.0 Å². The minimum absolute atomic E-state index is 0.370. The molecule has 1 aromatic carbocycles. The molecule has 0 aliphatic carbocycles. The number of rotatable bonds is 2. The van der Waals surface area contributed by atoms with Gasteiger partial charge in [-0.25, -0.2) is 4.79 Å². The van der Waals surface area contributed by atoms with Crippen LogP contribution in [0.25, 0.3) is 11.3 Å². The molecule has 2 aromatic rings. The predicted octanol–water partition coefficient (Wildman–Crippen LogP) is 3.51. The second-order valence-electron chi connectivity index (χ2n) is 3.97. The largest absolute Gasteiger partial charge is 0.465 e. The van der Waals surface area contributed by atoms with Gasteiger partial charge in [0.15, 0.2) is 0 Å². The zero-order valence-electron chi connectivity index (χ0n) is 10.3. The molecule has 0 atom stereocenters. The van der Waals surface area contributed by atoms with Gasteiger partial charge < -0.3 is 9.26 Å². The number of ether oxygens (including phenoxy) is 1. The number of methoxy groups -OCH3 is 1. The fraction of sp³-hybridized carbons (Fsp3) is 0.231. The fourth-order valence-corrected chi connectivity index (χ4v) is 2.39. The van der Waals surface area contributed by atoms with Crippen molar-refractivity contribution in [3.8, 4) is 11.3 Å². The lowest BCUT2D eigenvalue weighted by molar-refractivity contribution is 0.0599. The van der Waals surface area contributed by atoms with Gasteiger partial charge in [-0.3, -0.25) is 0 Å². The van der Waals surface area contributed by atoms with Crippen LogP contribution in [0.1, 0.15) is 21.7 Å². The van der Waals surface area contributed by atoms with Crippen molar-refractivity contribution < 1.29 is 14.1 Å². The minimum atomic E-state index is -0.443. The van der Waals surface area contributed by atoms with Crippen LogP contribution in [0, 0.1) is 13.8 Å². The fourth-order valence-electron chi connectivity index (χ4n) is 1.78. The summed E-state index contributed by atoms with van der Waals surface area (Å²) >= 11 is 3.42. The van der Waals surface area contributed by atoms with Gasteiger partial charge >= 0.3 is 5.97 Å². The normalized spacial score (nSPS) is 10.4. The van der Waals surface area contributed by atoms with Crippen LogP contribution in [-0.2, 0) is 4.74 Å². The highest BCUT2D eigenvalue weighted by molar-refractivity contribution is 9.10. The molecule has 5 heteroatoms. The van der Waals surface area contributed by atoms with Crippen molar-refractivity contribution in [2.24, 2.45) is 0 Å². The highest BCUT2D eigenvalue weighted by Gasteiger charge is 2.22. The number of aromatic nitrogens is 1. The molecule has 0 aliphatic rings. The average molecular weight is 310 g/mol. The van der Waals surface area contributed by atoms with Gasteiger partial charge in [0.1, 0.15) is 17.0 Å². The quantitative estimate of drug-likeness (QED) is 0.797. The maximum absolute atomic E-state index is 11.7. The molecule has 0 radical (unpaired) electrons. The molecular formula is C13H12BrNO3. The first-order chi connectivity index (χ1) is 8.52. The Kier molecular flexibility index (Phi) is 3.52. The molecule has 0 saturated carbocycles. The summed E-state index contributed by atoms with van der Waals surface area (Å²) in [7, 11) is 1.34. The lowest BCUT2D eigenvalue weighted by atomic mass is 10.0. The number of benzene rings is 1. The van der Waals surface area contributed by atoms with Crippen molar-refractivity contribution in [3.05, 3.63) is 39.6 Å². The van der Waals surface area contributed by atoms with Gasteiger partial charge in [0.05, 0.1) is 7.11 Å². The minimum Gasteiger partial charge on any atom is -0.465 e. The number of carbonyl (C=O) groups is 1. The third-order valence-corrected chi connectivity index (χ3v) is 3.03. The van der Waals surface area contributed by atoms with E-state index in [0.717, 1.165) is 15.6 Å². The molecule has 0 amide bonds. The van der Waals surface area contributed by atoms with Gasteiger partial charge in [-0.05, 0) is 37.6 Å². The third kappa shape index (κ3) is 2.31. The van der Waals surface area contributed by atoms with Crippen LogP contribution in [0.3, 0.4) is 0 Å². The Bertz CT molecular complexity index is 584. The van der Waals surface area contributed by atoms with E-state index in [2.05, 4.69) is 21.1 Å². The van der Waals surface area contributed by atoms with Gasteiger partial charge in [-0.2, -0.15) is 0 Å².